The maximum absolute atomic E-state index is 13.4. The standard InChI is InChI=1S/C26H37F3N2O2/c1-23(33)8-5-17-15(11-23)3-4-19-18(17)6-9-24(2)22(19)16-12-25(24,13-16)21(32)14-31-10-7-20(30)26(27,28)29/h7,10,15-19,22,30-31,33H,3-6,8-9,11-14H2,1-2H3/b10-7-,30-20?/t15-,16-,17+,18-,19-,22+,23-,24+,25+/m1/s1. The van der Waals surface area contributed by atoms with Crippen molar-refractivity contribution in [2.45, 2.75) is 83.4 Å². The minimum atomic E-state index is -4.67. The molecule has 0 aromatic heterocycles. The topological polar surface area (TPSA) is 73.2 Å². The number of hydrogen-bond acceptors (Lipinski definition) is 4. The zero-order chi connectivity index (χ0) is 23.8. The highest BCUT2D eigenvalue weighted by atomic mass is 19.4. The Morgan fingerprint density at radius 3 is 2.42 bits per heavy atom. The van der Waals surface area contributed by atoms with Crippen LogP contribution in [0.1, 0.15) is 71.6 Å². The van der Waals surface area contributed by atoms with Crippen LogP contribution in [0.4, 0.5) is 13.2 Å². The SMILES string of the molecule is C[C@@]1(O)CC[C@H]2[C@H](CC[C@@H]3[C@@H]2CC[C@@]2(C)[C@H]3[C@H]3C[C@]2(C(=O)CN/C=C\C(=N)C(F)(F)F)C3)C1. The van der Waals surface area contributed by atoms with E-state index in [-0.39, 0.29) is 23.2 Å². The molecule has 184 valence electrons. The lowest BCUT2D eigenvalue weighted by atomic mass is 9.48. The number of halogens is 3. The van der Waals surface area contributed by atoms with Gasteiger partial charge in [-0.05, 0) is 118 Å². The molecule has 0 aromatic carbocycles. The minimum Gasteiger partial charge on any atom is -0.390 e. The van der Waals surface area contributed by atoms with Crippen molar-refractivity contribution >= 4 is 11.5 Å². The number of aliphatic hydroxyl groups is 1. The van der Waals surface area contributed by atoms with Crippen LogP contribution in [0.25, 0.3) is 0 Å². The van der Waals surface area contributed by atoms with Gasteiger partial charge in [0.25, 0.3) is 0 Å². The molecule has 6 rings (SSSR count). The summed E-state index contributed by atoms with van der Waals surface area (Å²) in [6.07, 6.45) is 6.56. The first-order valence-corrected chi connectivity index (χ1v) is 12.7. The number of allylic oxidation sites excluding steroid dienone is 1. The maximum atomic E-state index is 13.4. The first-order valence-electron chi connectivity index (χ1n) is 12.7. The molecule has 6 aliphatic rings. The summed E-state index contributed by atoms with van der Waals surface area (Å²) in [4.78, 5) is 13.4. The van der Waals surface area contributed by atoms with E-state index in [1.165, 1.54) is 19.3 Å². The van der Waals surface area contributed by atoms with Crippen LogP contribution in [0.3, 0.4) is 0 Å². The highest BCUT2D eigenvalue weighted by Gasteiger charge is 2.74. The molecule has 33 heavy (non-hydrogen) atoms. The van der Waals surface area contributed by atoms with E-state index >= 15 is 0 Å². The van der Waals surface area contributed by atoms with Gasteiger partial charge in [-0.2, -0.15) is 13.2 Å². The Morgan fingerprint density at radius 2 is 1.73 bits per heavy atom. The van der Waals surface area contributed by atoms with E-state index < -0.39 is 17.5 Å². The molecule has 7 atom stereocenters. The quantitative estimate of drug-likeness (QED) is 0.484. The molecule has 6 aliphatic carbocycles. The van der Waals surface area contributed by atoms with Gasteiger partial charge in [-0.15, -0.1) is 0 Å². The number of carbonyl (C=O) groups excluding carboxylic acids is 1. The van der Waals surface area contributed by atoms with Gasteiger partial charge in [-0.3, -0.25) is 10.2 Å². The van der Waals surface area contributed by atoms with Crippen LogP contribution in [-0.4, -0.2) is 34.9 Å². The van der Waals surface area contributed by atoms with Crippen LogP contribution in [0.2, 0.25) is 0 Å². The molecule has 0 aliphatic heterocycles. The molecule has 6 saturated carbocycles. The second-order valence-electron chi connectivity index (χ2n) is 12.3. The van der Waals surface area contributed by atoms with Gasteiger partial charge in [0.05, 0.1) is 12.1 Å². The van der Waals surface area contributed by atoms with E-state index in [0.29, 0.717) is 35.7 Å². The number of rotatable bonds is 5. The van der Waals surface area contributed by atoms with Crippen LogP contribution < -0.4 is 5.32 Å². The number of alkyl halides is 3. The summed E-state index contributed by atoms with van der Waals surface area (Å²) in [5, 5.41) is 20.3. The molecule has 0 amide bonds. The molecule has 6 fully saturated rings. The summed E-state index contributed by atoms with van der Waals surface area (Å²) in [6.45, 7) is 4.35. The Morgan fingerprint density at radius 1 is 1.03 bits per heavy atom. The average Bonchev–Trinajstić information content (AvgIpc) is 3.11. The number of nitrogens with one attached hydrogen (secondary N) is 2. The smallest absolute Gasteiger partial charge is 0.390 e. The predicted molar refractivity (Wildman–Crippen MR) is 120 cm³/mol. The van der Waals surface area contributed by atoms with Crippen molar-refractivity contribution in [2.75, 3.05) is 6.54 Å². The lowest BCUT2D eigenvalue weighted by molar-refractivity contribution is -0.142. The lowest BCUT2D eigenvalue weighted by Gasteiger charge is -2.57. The van der Waals surface area contributed by atoms with Gasteiger partial charge in [-0.1, -0.05) is 6.92 Å². The Kier molecular flexibility index (Phi) is 5.36. The van der Waals surface area contributed by atoms with Crippen LogP contribution in [-0.2, 0) is 4.79 Å². The highest BCUT2D eigenvalue weighted by Crippen LogP contribution is 2.78. The predicted octanol–water partition coefficient (Wildman–Crippen LogP) is 5.26. The Labute approximate surface area is 194 Å². The highest BCUT2D eigenvalue weighted by molar-refractivity contribution is 5.96. The molecular weight excluding hydrogens is 429 g/mol. The van der Waals surface area contributed by atoms with Gasteiger partial charge in [0.1, 0.15) is 5.71 Å². The van der Waals surface area contributed by atoms with Gasteiger partial charge >= 0.3 is 6.18 Å². The fourth-order valence-corrected chi connectivity index (χ4v) is 9.42. The zero-order valence-corrected chi connectivity index (χ0v) is 19.7. The number of Topliss-reactive ketones (excluding diaryl/α,β-unsaturated/α-hetero) is 1. The molecule has 4 nitrogen and oxygen atoms in total. The summed E-state index contributed by atoms with van der Waals surface area (Å²) >= 11 is 0. The van der Waals surface area contributed by atoms with Crippen molar-refractivity contribution in [2.24, 2.45) is 46.3 Å². The van der Waals surface area contributed by atoms with Crippen LogP contribution in [0.15, 0.2) is 12.3 Å². The van der Waals surface area contributed by atoms with Crippen LogP contribution in [0, 0.1) is 51.7 Å². The van der Waals surface area contributed by atoms with E-state index in [9.17, 15) is 23.1 Å². The third kappa shape index (κ3) is 3.51. The van der Waals surface area contributed by atoms with Crippen molar-refractivity contribution in [1.29, 1.82) is 5.41 Å². The Bertz CT molecular complexity index is 860. The largest absolute Gasteiger partial charge is 0.432 e. The van der Waals surface area contributed by atoms with E-state index in [4.69, 9.17) is 5.41 Å². The maximum Gasteiger partial charge on any atom is 0.432 e. The third-order valence-corrected chi connectivity index (χ3v) is 10.8. The number of hydrogen-bond donors (Lipinski definition) is 3. The average molecular weight is 467 g/mol. The second kappa shape index (κ2) is 7.56. The first kappa shape index (κ1) is 23.4. The molecule has 0 radical (unpaired) electrons. The molecule has 0 unspecified atom stereocenters. The van der Waals surface area contributed by atoms with Gasteiger partial charge in [0.15, 0.2) is 5.78 Å². The fraction of sp³-hybridized carbons (Fsp3) is 0.846. The minimum absolute atomic E-state index is 0.00696. The monoisotopic (exact) mass is 466 g/mol. The molecule has 3 N–H and O–H groups in total. The van der Waals surface area contributed by atoms with E-state index in [2.05, 4.69) is 12.2 Å². The van der Waals surface area contributed by atoms with Gasteiger partial charge < -0.3 is 10.4 Å². The van der Waals surface area contributed by atoms with Crippen LogP contribution in [0.5, 0.6) is 0 Å². The first-order chi connectivity index (χ1) is 15.4. The number of carbonyl (C=O) groups is 1. The number of fused-ring (bicyclic) bond motifs is 3. The van der Waals surface area contributed by atoms with Crippen molar-refractivity contribution in [3.8, 4) is 0 Å². The van der Waals surface area contributed by atoms with Gasteiger partial charge in [-0.25, -0.2) is 0 Å². The summed E-state index contributed by atoms with van der Waals surface area (Å²) in [7, 11) is 0. The second-order valence-corrected chi connectivity index (χ2v) is 12.3. The molecule has 0 heterocycles. The molecule has 0 aromatic rings. The molecule has 7 heteroatoms. The zero-order valence-electron chi connectivity index (χ0n) is 19.7. The molecular formula is C26H37F3N2O2. The van der Waals surface area contributed by atoms with Gasteiger partial charge in [0.2, 0.25) is 0 Å². The van der Waals surface area contributed by atoms with Crippen molar-refractivity contribution in [3.05, 3.63) is 12.3 Å². The van der Waals surface area contributed by atoms with Crippen molar-refractivity contribution < 1.29 is 23.1 Å². The summed E-state index contributed by atoms with van der Waals surface area (Å²) < 4.78 is 37.4. The summed E-state index contributed by atoms with van der Waals surface area (Å²) in [6, 6.07) is 0. The van der Waals surface area contributed by atoms with E-state index in [1.807, 2.05) is 6.92 Å². The molecule has 0 saturated heterocycles. The number of ketones is 1. The fourth-order valence-electron chi connectivity index (χ4n) is 9.42. The summed E-state index contributed by atoms with van der Waals surface area (Å²) in [5.41, 5.74) is -2.27. The summed E-state index contributed by atoms with van der Waals surface area (Å²) in [5.74, 6) is 4.06. The normalized spacial score (nSPS) is 48.4. The van der Waals surface area contributed by atoms with Crippen LogP contribution >= 0.6 is 0 Å². The lowest BCUT2D eigenvalue weighted by Crippen LogP contribution is -2.53. The van der Waals surface area contributed by atoms with Gasteiger partial charge in [0, 0.05) is 5.41 Å². The van der Waals surface area contributed by atoms with E-state index in [1.54, 1.807) is 0 Å². The van der Waals surface area contributed by atoms with E-state index in [0.717, 1.165) is 50.6 Å². The Hall–Kier alpha value is -1.37. The third-order valence-electron chi connectivity index (χ3n) is 10.8. The van der Waals surface area contributed by atoms with Crippen molar-refractivity contribution in [3.63, 3.8) is 0 Å². The molecule has 0 spiro atoms. The van der Waals surface area contributed by atoms with Crippen molar-refractivity contribution in [1.82, 2.24) is 5.32 Å². The Balaban J connectivity index is 1.26. The molecule has 2 bridgehead atoms.